The van der Waals surface area contributed by atoms with Gasteiger partial charge < -0.3 is 11.1 Å². The van der Waals surface area contributed by atoms with Crippen molar-refractivity contribution in [1.29, 1.82) is 0 Å². The van der Waals surface area contributed by atoms with Crippen LogP contribution in [-0.2, 0) is 4.79 Å². The zero-order valence-electron chi connectivity index (χ0n) is 18.2. The van der Waals surface area contributed by atoms with Gasteiger partial charge in [-0.1, -0.05) is 23.7 Å². The van der Waals surface area contributed by atoms with Gasteiger partial charge in [0.05, 0.1) is 12.1 Å². The number of aromatic nitrogens is 3. The first kappa shape index (κ1) is 24.4. The highest BCUT2D eigenvalue weighted by Crippen LogP contribution is 2.39. The molecule has 3 N–H and O–H groups in total. The van der Waals surface area contributed by atoms with E-state index in [0.29, 0.717) is 23.9 Å². The van der Waals surface area contributed by atoms with Gasteiger partial charge in [-0.3, -0.25) is 14.4 Å². The van der Waals surface area contributed by atoms with Crippen molar-refractivity contribution in [2.24, 2.45) is 10.7 Å². The number of nitrogens with zero attached hydrogens (tertiary/aromatic N) is 4. The van der Waals surface area contributed by atoms with Crippen LogP contribution in [0.25, 0.3) is 5.00 Å². The molecule has 1 aliphatic rings. The number of benzene rings is 1. The topological polar surface area (TPSA) is 98.2 Å². The largest absolute Gasteiger partial charge is 0.356 e. The fourth-order valence-electron chi connectivity index (χ4n) is 3.71. The summed E-state index contributed by atoms with van der Waals surface area (Å²) in [4.78, 5) is 18.9. The van der Waals surface area contributed by atoms with E-state index in [4.69, 9.17) is 22.3 Å². The number of hydrogen-bond acceptors (Lipinski definition) is 6. The average molecular weight is 493 g/mol. The lowest BCUT2D eigenvalue weighted by molar-refractivity contribution is -0.121. The number of hydrogen-bond donors (Lipinski definition) is 2. The lowest BCUT2D eigenvalue weighted by Crippen LogP contribution is -2.27. The average Bonchev–Trinajstić information content (AvgIpc) is 3.21. The molecule has 7 nitrogen and oxygen atoms in total. The molecule has 0 bridgehead atoms. The number of carbonyl (C=O) groups excluding carboxylic acids is 1. The molecular formula is C22H26Cl2N6OS. The van der Waals surface area contributed by atoms with Crippen LogP contribution in [0.15, 0.2) is 29.3 Å². The van der Waals surface area contributed by atoms with E-state index >= 15 is 0 Å². The number of amides is 1. The van der Waals surface area contributed by atoms with Crippen LogP contribution in [0.5, 0.6) is 0 Å². The van der Waals surface area contributed by atoms with Gasteiger partial charge in [0, 0.05) is 27.6 Å². The first-order chi connectivity index (χ1) is 14.9. The Bertz CT molecular complexity index is 1150. The Morgan fingerprint density at radius 1 is 1.22 bits per heavy atom. The van der Waals surface area contributed by atoms with Crippen LogP contribution < -0.4 is 11.1 Å². The highest BCUT2D eigenvalue weighted by Gasteiger charge is 2.32. The minimum absolute atomic E-state index is 0. The summed E-state index contributed by atoms with van der Waals surface area (Å²) in [6, 6.07) is 7.20. The Balaban J connectivity index is 0.00000289. The van der Waals surface area contributed by atoms with Crippen molar-refractivity contribution in [2.45, 2.75) is 39.7 Å². The molecule has 0 aliphatic carbocycles. The van der Waals surface area contributed by atoms with E-state index in [-0.39, 0.29) is 24.7 Å². The maximum Gasteiger partial charge on any atom is 0.222 e. The zero-order chi connectivity index (χ0) is 22.1. The van der Waals surface area contributed by atoms with Gasteiger partial charge in [-0.15, -0.1) is 33.9 Å². The second kappa shape index (κ2) is 10.1. The molecule has 3 heterocycles. The van der Waals surface area contributed by atoms with Crippen molar-refractivity contribution in [3.63, 3.8) is 0 Å². The summed E-state index contributed by atoms with van der Waals surface area (Å²) >= 11 is 7.82. The third kappa shape index (κ3) is 4.59. The van der Waals surface area contributed by atoms with Crippen molar-refractivity contribution < 1.29 is 4.79 Å². The fraction of sp³-hybridized carbons (Fsp3) is 0.364. The van der Waals surface area contributed by atoms with Crippen LogP contribution in [-0.4, -0.2) is 39.5 Å². The van der Waals surface area contributed by atoms with Gasteiger partial charge in [-0.25, -0.2) is 0 Å². The molecule has 3 aromatic rings. The predicted octanol–water partition coefficient (Wildman–Crippen LogP) is 4.08. The van der Waals surface area contributed by atoms with Crippen LogP contribution >= 0.6 is 35.3 Å². The van der Waals surface area contributed by atoms with Crippen LogP contribution in [0.2, 0.25) is 5.02 Å². The number of aliphatic imine (C=N–C) groups is 1. The maximum atomic E-state index is 12.6. The third-order valence-electron chi connectivity index (χ3n) is 5.44. The van der Waals surface area contributed by atoms with E-state index in [9.17, 15) is 4.79 Å². The molecule has 0 saturated heterocycles. The van der Waals surface area contributed by atoms with Crippen molar-refractivity contribution >= 4 is 47.0 Å². The summed E-state index contributed by atoms with van der Waals surface area (Å²) in [6.45, 7) is 7.23. The Morgan fingerprint density at radius 2 is 1.94 bits per heavy atom. The number of nitrogens with two attached hydrogens (primary N) is 1. The van der Waals surface area contributed by atoms with Gasteiger partial charge in [-0.2, -0.15) is 0 Å². The van der Waals surface area contributed by atoms with Gasteiger partial charge in [0.15, 0.2) is 5.82 Å². The molecule has 1 aromatic carbocycles. The highest BCUT2D eigenvalue weighted by atomic mass is 35.5. The SMILES string of the molecule is Cc1sc2c(c1C)C(c1ccc(Cl)cc1)=NC(CC(=O)NCCCN)c1nnc(C)n1-2.Cl. The molecule has 1 amide bonds. The molecule has 2 aromatic heterocycles. The van der Waals surface area contributed by atoms with Crippen molar-refractivity contribution in [1.82, 2.24) is 20.1 Å². The Hall–Kier alpha value is -2.26. The lowest BCUT2D eigenvalue weighted by atomic mass is 9.99. The molecule has 0 radical (unpaired) electrons. The molecule has 170 valence electrons. The first-order valence-electron chi connectivity index (χ1n) is 10.2. The van der Waals surface area contributed by atoms with E-state index in [0.717, 1.165) is 34.1 Å². The van der Waals surface area contributed by atoms with Gasteiger partial charge in [0.2, 0.25) is 5.91 Å². The quantitative estimate of drug-likeness (QED) is 0.506. The molecule has 32 heavy (non-hydrogen) atoms. The summed E-state index contributed by atoms with van der Waals surface area (Å²) in [5.74, 6) is 1.37. The van der Waals surface area contributed by atoms with Gasteiger partial charge in [0.1, 0.15) is 16.9 Å². The standard InChI is InChI=1S/C22H25ClN6OS.ClH/c1-12-13(2)31-22-19(12)20(15-5-7-16(23)8-6-15)26-17(11-18(30)25-10-4-9-24)21-28-27-14(3)29(21)22;/h5-8,17H,4,9-11,24H2,1-3H3,(H,25,30);1H. The van der Waals surface area contributed by atoms with Crippen LogP contribution in [0.1, 0.15) is 52.1 Å². The van der Waals surface area contributed by atoms with Crippen LogP contribution in [0, 0.1) is 20.8 Å². The first-order valence-corrected chi connectivity index (χ1v) is 11.4. The molecule has 0 fully saturated rings. The Kier molecular flexibility index (Phi) is 7.71. The van der Waals surface area contributed by atoms with Crippen molar-refractivity contribution in [3.05, 3.63) is 62.5 Å². The number of thiophene rings is 1. The van der Waals surface area contributed by atoms with Gasteiger partial charge >= 0.3 is 0 Å². The second-order valence-electron chi connectivity index (χ2n) is 7.60. The number of carbonyl (C=O) groups is 1. The Labute approximate surface area is 202 Å². The monoisotopic (exact) mass is 492 g/mol. The minimum Gasteiger partial charge on any atom is -0.356 e. The maximum absolute atomic E-state index is 12.6. The molecule has 1 atom stereocenters. The van der Waals surface area contributed by atoms with Gasteiger partial charge in [-0.05, 0) is 51.4 Å². The smallest absolute Gasteiger partial charge is 0.222 e. The fourth-order valence-corrected chi connectivity index (χ4v) is 5.05. The number of fused-ring (bicyclic) bond motifs is 3. The second-order valence-corrected chi connectivity index (χ2v) is 9.24. The van der Waals surface area contributed by atoms with Crippen molar-refractivity contribution in [3.8, 4) is 5.00 Å². The molecule has 0 saturated carbocycles. The van der Waals surface area contributed by atoms with E-state index in [1.54, 1.807) is 11.3 Å². The molecule has 10 heteroatoms. The number of rotatable bonds is 6. The molecule has 1 unspecified atom stereocenters. The molecule has 0 spiro atoms. The molecular weight excluding hydrogens is 467 g/mol. The third-order valence-corrected chi connectivity index (χ3v) is 6.88. The number of aryl methyl sites for hydroxylation is 2. The summed E-state index contributed by atoms with van der Waals surface area (Å²) < 4.78 is 2.05. The normalized spacial score (nSPS) is 14.7. The predicted molar refractivity (Wildman–Crippen MR) is 132 cm³/mol. The van der Waals surface area contributed by atoms with Crippen molar-refractivity contribution in [2.75, 3.05) is 13.1 Å². The highest BCUT2D eigenvalue weighted by molar-refractivity contribution is 7.15. The van der Waals surface area contributed by atoms with E-state index in [1.165, 1.54) is 10.4 Å². The summed E-state index contributed by atoms with van der Waals surface area (Å²) in [7, 11) is 0. The number of halogens is 2. The van der Waals surface area contributed by atoms with Gasteiger partial charge in [0.25, 0.3) is 0 Å². The van der Waals surface area contributed by atoms with E-state index in [1.807, 2.05) is 35.8 Å². The lowest BCUT2D eigenvalue weighted by Gasteiger charge is -2.13. The number of nitrogens with one attached hydrogen (secondary N) is 1. The minimum atomic E-state index is -0.455. The van der Waals surface area contributed by atoms with Crippen LogP contribution in [0.4, 0.5) is 0 Å². The zero-order valence-corrected chi connectivity index (χ0v) is 20.6. The summed E-state index contributed by atoms with van der Waals surface area (Å²) in [6.07, 6.45) is 0.924. The Morgan fingerprint density at radius 3 is 2.62 bits per heavy atom. The molecule has 4 rings (SSSR count). The summed E-state index contributed by atoms with van der Waals surface area (Å²) in [5.41, 5.74) is 9.56. The van der Waals surface area contributed by atoms with Crippen LogP contribution in [0.3, 0.4) is 0 Å². The van der Waals surface area contributed by atoms with E-state index < -0.39 is 6.04 Å². The summed E-state index contributed by atoms with van der Waals surface area (Å²) in [5, 5.41) is 13.4. The molecule has 1 aliphatic heterocycles. The van der Waals surface area contributed by atoms with E-state index in [2.05, 4.69) is 29.4 Å².